The van der Waals surface area contributed by atoms with Crippen molar-refractivity contribution in [3.63, 3.8) is 0 Å². The van der Waals surface area contributed by atoms with Gasteiger partial charge in [-0.15, -0.1) is 11.3 Å². The normalized spacial score (nSPS) is 12.6. The molecule has 1 heterocycles. The second-order valence-corrected chi connectivity index (χ2v) is 4.65. The number of benzene rings is 1. The van der Waals surface area contributed by atoms with Crippen LogP contribution in [0.15, 0.2) is 29.6 Å². The summed E-state index contributed by atoms with van der Waals surface area (Å²) < 4.78 is 1.18. The van der Waals surface area contributed by atoms with Crippen molar-refractivity contribution in [2.24, 2.45) is 0 Å². The molecule has 1 atom stereocenters. The Morgan fingerprint density at radius 1 is 1.44 bits per heavy atom. The van der Waals surface area contributed by atoms with Crippen LogP contribution < -0.4 is 4.90 Å². The maximum atomic E-state index is 10.9. The van der Waals surface area contributed by atoms with Crippen LogP contribution in [0.4, 0.5) is 5.69 Å². The van der Waals surface area contributed by atoms with E-state index in [2.05, 4.69) is 0 Å². The summed E-state index contributed by atoms with van der Waals surface area (Å²) >= 11 is 1.64. The minimum Gasteiger partial charge on any atom is -0.480 e. The molecule has 84 valence electrons. The van der Waals surface area contributed by atoms with Gasteiger partial charge in [-0.3, -0.25) is 0 Å². The Bertz CT molecular complexity index is 520. The largest absolute Gasteiger partial charge is 0.480 e. The van der Waals surface area contributed by atoms with Crippen molar-refractivity contribution in [1.29, 1.82) is 0 Å². The molecule has 0 aliphatic carbocycles. The SMILES string of the molecule is CC(C(=O)O)N(C)c1csc2ccccc12. The summed E-state index contributed by atoms with van der Waals surface area (Å²) in [6.45, 7) is 1.69. The zero-order chi connectivity index (χ0) is 11.7. The van der Waals surface area contributed by atoms with Gasteiger partial charge in [0.2, 0.25) is 0 Å². The molecule has 2 aromatic rings. The molecule has 0 bridgehead atoms. The molecule has 0 fully saturated rings. The minimum absolute atomic E-state index is 0.516. The first-order valence-electron chi connectivity index (χ1n) is 5.03. The number of hydrogen-bond acceptors (Lipinski definition) is 3. The molecule has 4 heteroatoms. The Kier molecular flexibility index (Phi) is 2.83. The highest BCUT2D eigenvalue weighted by Crippen LogP contribution is 2.32. The van der Waals surface area contributed by atoms with Gasteiger partial charge in [0.1, 0.15) is 6.04 Å². The Morgan fingerprint density at radius 3 is 2.81 bits per heavy atom. The molecule has 2 rings (SSSR count). The fraction of sp³-hybridized carbons (Fsp3) is 0.250. The zero-order valence-electron chi connectivity index (χ0n) is 9.18. The molecule has 0 saturated heterocycles. The Morgan fingerprint density at radius 2 is 2.12 bits per heavy atom. The Balaban J connectivity index is 2.44. The molecule has 0 radical (unpaired) electrons. The number of nitrogens with zero attached hydrogens (tertiary/aromatic N) is 1. The molecule has 0 aliphatic rings. The predicted octanol–water partition coefficient (Wildman–Crippen LogP) is 2.81. The van der Waals surface area contributed by atoms with Gasteiger partial charge in [-0.2, -0.15) is 0 Å². The zero-order valence-corrected chi connectivity index (χ0v) is 9.99. The number of carboxylic acids is 1. The molecule has 1 aromatic carbocycles. The van der Waals surface area contributed by atoms with E-state index in [9.17, 15) is 4.79 Å². The van der Waals surface area contributed by atoms with Crippen molar-refractivity contribution in [1.82, 2.24) is 0 Å². The van der Waals surface area contributed by atoms with Crippen LogP contribution in [0.2, 0.25) is 0 Å². The van der Waals surface area contributed by atoms with Crippen LogP contribution in [0.5, 0.6) is 0 Å². The van der Waals surface area contributed by atoms with Gasteiger partial charge in [-0.25, -0.2) is 4.79 Å². The van der Waals surface area contributed by atoms with E-state index in [-0.39, 0.29) is 0 Å². The predicted molar refractivity (Wildman–Crippen MR) is 67.3 cm³/mol. The fourth-order valence-electron chi connectivity index (χ4n) is 1.61. The third-order valence-corrected chi connectivity index (χ3v) is 3.73. The van der Waals surface area contributed by atoms with Crippen LogP contribution in [0.25, 0.3) is 10.1 Å². The summed E-state index contributed by atoms with van der Waals surface area (Å²) in [6.07, 6.45) is 0. The highest BCUT2D eigenvalue weighted by Gasteiger charge is 2.19. The van der Waals surface area contributed by atoms with Crippen LogP contribution in [0, 0.1) is 0 Å². The number of hydrogen-bond donors (Lipinski definition) is 1. The minimum atomic E-state index is -0.808. The van der Waals surface area contributed by atoms with E-state index in [1.807, 2.05) is 36.7 Å². The first-order valence-corrected chi connectivity index (χ1v) is 5.91. The Labute approximate surface area is 97.9 Å². The number of carboxylic acid groups (broad SMARTS) is 1. The summed E-state index contributed by atoms with van der Waals surface area (Å²) in [5, 5.41) is 12.1. The van der Waals surface area contributed by atoms with E-state index in [0.717, 1.165) is 11.1 Å². The van der Waals surface area contributed by atoms with Crippen molar-refractivity contribution in [3.05, 3.63) is 29.6 Å². The van der Waals surface area contributed by atoms with Crippen LogP contribution in [0.1, 0.15) is 6.92 Å². The summed E-state index contributed by atoms with van der Waals surface area (Å²) in [5.74, 6) is -0.808. The van der Waals surface area contributed by atoms with Gasteiger partial charge in [0, 0.05) is 22.5 Å². The van der Waals surface area contributed by atoms with Crippen LogP contribution in [-0.4, -0.2) is 24.2 Å². The third-order valence-electron chi connectivity index (χ3n) is 2.78. The van der Waals surface area contributed by atoms with E-state index >= 15 is 0 Å². The number of rotatable bonds is 3. The van der Waals surface area contributed by atoms with Gasteiger partial charge in [-0.05, 0) is 13.0 Å². The van der Waals surface area contributed by atoms with Crippen LogP contribution in [-0.2, 0) is 4.79 Å². The van der Waals surface area contributed by atoms with Crippen LogP contribution >= 0.6 is 11.3 Å². The van der Waals surface area contributed by atoms with E-state index in [4.69, 9.17) is 5.11 Å². The average Bonchev–Trinajstić information content (AvgIpc) is 2.70. The number of fused-ring (bicyclic) bond motifs is 1. The van der Waals surface area contributed by atoms with E-state index in [1.54, 1.807) is 23.2 Å². The smallest absolute Gasteiger partial charge is 0.326 e. The number of likely N-dealkylation sites (N-methyl/N-ethyl adjacent to an activating group) is 1. The fourth-order valence-corrected chi connectivity index (χ4v) is 2.60. The molecule has 3 nitrogen and oxygen atoms in total. The quantitative estimate of drug-likeness (QED) is 0.889. The van der Waals surface area contributed by atoms with Gasteiger partial charge in [0.05, 0.1) is 5.69 Å². The van der Waals surface area contributed by atoms with Crippen molar-refractivity contribution in [3.8, 4) is 0 Å². The first kappa shape index (κ1) is 11.0. The molecule has 0 saturated carbocycles. The van der Waals surface area contributed by atoms with Crippen molar-refractivity contribution < 1.29 is 9.90 Å². The molecular weight excluding hydrogens is 222 g/mol. The third kappa shape index (κ3) is 1.76. The maximum absolute atomic E-state index is 10.9. The monoisotopic (exact) mass is 235 g/mol. The molecular formula is C12H13NO2S. The lowest BCUT2D eigenvalue weighted by Crippen LogP contribution is -2.35. The van der Waals surface area contributed by atoms with Crippen molar-refractivity contribution >= 4 is 33.1 Å². The van der Waals surface area contributed by atoms with E-state index < -0.39 is 12.0 Å². The Hall–Kier alpha value is -1.55. The van der Waals surface area contributed by atoms with E-state index in [0.29, 0.717) is 0 Å². The second kappa shape index (κ2) is 4.14. The molecule has 1 N–H and O–H groups in total. The molecule has 0 aliphatic heterocycles. The van der Waals surface area contributed by atoms with Crippen molar-refractivity contribution in [2.75, 3.05) is 11.9 Å². The highest BCUT2D eigenvalue weighted by molar-refractivity contribution is 7.17. The molecule has 0 amide bonds. The van der Waals surface area contributed by atoms with Gasteiger partial charge in [0.15, 0.2) is 0 Å². The first-order chi connectivity index (χ1) is 7.61. The summed E-state index contributed by atoms with van der Waals surface area (Å²) in [6, 6.07) is 7.51. The average molecular weight is 235 g/mol. The van der Waals surface area contributed by atoms with Crippen LogP contribution in [0.3, 0.4) is 0 Å². The van der Waals surface area contributed by atoms with Crippen molar-refractivity contribution in [2.45, 2.75) is 13.0 Å². The lowest BCUT2D eigenvalue weighted by molar-refractivity contribution is -0.138. The summed E-state index contributed by atoms with van der Waals surface area (Å²) in [5.41, 5.74) is 0.982. The number of carbonyl (C=O) groups is 1. The van der Waals surface area contributed by atoms with Gasteiger partial charge in [0.25, 0.3) is 0 Å². The number of thiophene rings is 1. The molecule has 1 aromatic heterocycles. The summed E-state index contributed by atoms with van der Waals surface area (Å²) in [4.78, 5) is 12.7. The lowest BCUT2D eigenvalue weighted by atomic mass is 10.2. The van der Waals surface area contributed by atoms with E-state index in [1.165, 1.54) is 4.70 Å². The topological polar surface area (TPSA) is 40.5 Å². The number of anilines is 1. The second-order valence-electron chi connectivity index (χ2n) is 3.74. The molecule has 16 heavy (non-hydrogen) atoms. The van der Waals surface area contributed by atoms with Gasteiger partial charge >= 0.3 is 5.97 Å². The number of aliphatic carboxylic acids is 1. The molecule has 0 spiro atoms. The standard InChI is InChI=1S/C12H13NO2S/c1-8(12(14)15)13(2)10-7-16-11-6-4-3-5-9(10)11/h3-8H,1-2H3,(H,14,15). The highest BCUT2D eigenvalue weighted by atomic mass is 32.1. The lowest BCUT2D eigenvalue weighted by Gasteiger charge is -2.22. The maximum Gasteiger partial charge on any atom is 0.326 e. The summed E-state index contributed by atoms with van der Waals surface area (Å²) in [7, 11) is 1.81. The molecule has 1 unspecified atom stereocenters. The van der Waals surface area contributed by atoms with Gasteiger partial charge < -0.3 is 10.0 Å². The van der Waals surface area contributed by atoms with Gasteiger partial charge in [-0.1, -0.05) is 18.2 Å².